The molecular weight excluding hydrogens is 457 g/mol. The Bertz CT molecular complexity index is 1160. The van der Waals surface area contributed by atoms with E-state index in [9.17, 15) is 14.0 Å². The van der Waals surface area contributed by atoms with E-state index in [0.717, 1.165) is 29.9 Å². The number of benzene rings is 3. The number of nitrogens with zero attached hydrogens (tertiary/aromatic N) is 2. The van der Waals surface area contributed by atoms with Crippen LogP contribution in [0.4, 0.5) is 15.8 Å². The van der Waals surface area contributed by atoms with Gasteiger partial charge in [-0.05, 0) is 61.4 Å². The molecule has 1 aliphatic heterocycles. The average molecular weight is 490 g/mol. The van der Waals surface area contributed by atoms with Crippen molar-refractivity contribution in [3.63, 3.8) is 0 Å². The van der Waals surface area contributed by atoms with Crippen LogP contribution in [0.3, 0.4) is 0 Å². The quantitative estimate of drug-likeness (QED) is 0.500. The fourth-order valence-corrected chi connectivity index (χ4v) is 4.22. The number of ether oxygens (including phenoxy) is 1. The van der Waals surface area contributed by atoms with Gasteiger partial charge in [-0.3, -0.25) is 9.59 Å². The zero-order valence-electron chi connectivity index (χ0n) is 20.7. The van der Waals surface area contributed by atoms with Crippen LogP contribution in [0.5, 0.6) is 0 Å². The number of halogens is 1. The van der Waals surface area contributed by atoms with Crippen LogP contribution in [0.1, 0.15) is 25.0 Å². The van der Waals surface area contributed by atoms with Crippen LogP contribution in [0.2, 0.25) is 0 Å². The standard InChI is InChI=1S/C29H32FN3O3/c1-29(2,28(35)31-25-12-14-26(15-13-25)32-16-18-36-19-17-32)33(21-23-8-10-24(30)11-9-23)27(34)20-22-6-4-3-5-7-22/h3-15H,16-21H2,1-2H3,(H,31,35). The summed E-state index contributed by atoms with van der Waals surface area (Å²) in [5.41, 5.74) is 2.17. The molecule has 1 heterocycles. The normalized spacial score (nSPS) is 13.8. The van der Waals surface area contributed by atoms with Crippen molar-refractivity contribution < 1.29 is 18.7 Å². The number of carbonyl (C=O) groups excluding carboxylic acids is 2. The van der Waals surface area contributed by atoms with Crippen molar-refractivity contribution in [3.8, 4) is 0 Å². The fourth-order valence-electron chi connectivity index (χ4n) is 4.22. The van der Waals surface area contributed by atoms with Gasteiger partial charge in [-0.15, -0.1) is 0 Å². The first kappa shape index (κ1) is 25.4. The third-order valence-electron chi connectivity index (χ3n) is 6.49. The smallest absolute Gasteiger partial charge is 0.249 e. The highest BCUT2D eigenvalue weighted by Gasteiger charge is 2.38. The molecular formula is C29H32FN3O3. The molecule has 0 saturated carbocycles. The first-order valence-corrected chi connectivity index (χ1v) is 12.2. The molecule has 0 unspecified atom stereocenters. The second-order valence-corrected chi connectivity index (χ2v) is 9.43. The maximum atomic E-state index is 13.5. The van der Waals surface area contributed by atoms with Crippen molar-refractivity contribution in [2.45, 2.75) is 32.4 Å². The maximum Gasteiger partial charge on any atom is 0.249 e. The Kier molecular flexibility index (Phi) is 8.00. The van der Waals surface area contributed by atoms with Gasteiger partial charge >= 0.3 is 0 Å². The lowest BCUT2D eigenvalue weighted by molar-refractivity contribution is -0.144. The Labute approximate surface area is 211 Å². The number of morpholine rings is 1. The summed E-state index contributed by atoms with van der Waals surface area (Å²) in [6, 6.07) is 23.1. The number of rotatable bonds is 8. The van der Waals surface area contributed by atoms with Crippen LogP contribution < -0.4 is 10.2 Å². The predicted molar refractivity (Wildman–Crippen MR) is 139 cm³/mol. The Morgan fingerprint density at radius 3 is 2.19 bits per heavy atom. The van der Waals surface area contributed by atoms with Gasteiger partial charge in [0.2, 0.25) is 11.8 Å². The molecule has 0 spiro atoms. The summed E-state index contributed by atoms with van der Waals surface area (Å²) in [4.78, 5) is 30.7. The first-order chi connectivity index (χ1) is 17.3. The molecule has 6 nitrogen and oxygen atoms in total. The lowest BCUT2D eigenvalue weighted by atomic mass is 9.98. The molecule has 1 N–H and O–H groups in total. The van der Waals surface area contributed by atoms with Gasteiger partial charge in [-0.1, -0.05) is 42.5 Å². The van der Waals surface area contributed by atoms with Crippen molar-refractivity contribution in [3.05, 3.63) is 95.8 Å². The van der Waals surface area contributed by atoms with Crippen molar-refractivity contribution >= 4 is 23.2 Å². The zero-order valence-corrected chi connectivity index (χ0v) is 20.7. The first-order valence-electron chi connectivity index (χ1n) is 12.2. The lowest BCUT2D eigenvalue weighted by Crippen LogP contribution is -2.55. The second-order valence-electron chi connectivity index (χ2n) is 9.43. The van der Waals surface area contributed by atoms with Gasteiger partial charge in [-0.25, -0.2) is 4.39 Å². The second kappa shape index (κ2) is 11.4. The molecule has 2 amide bonds. The Morgan fingerprint density at radius 2 is 1.56 bits per heavy atom. The minimum absolute atomic E-state index is 0.160. The highest BCUT2D eigenvalue weighted by Crippen LogP contribution is 2.24. The molecule has 7 heteroatoms. The van der Waals surface area contributed by atoms with Crippen LogP contribution >= 0.6 is 0 Å². The van der Waals surface area contributed by atoms with Gasteiger partial charge in [0.15, 0.2) is 0 Å². The van der Waals surface area contributed by atoms with Crippen molar-refractivity contribution in [1.29, 1.82) is 0 Å². The average Bonchev–Trinajstić information content (AvgIpc) is 2.89. The summed E-state index contributed by atoms with van der Waals surface area (Å²) in [5.74, 6) is -0.836. The molecule has 0 bridgehead atoms. The van der Waals surface area contributed by atoms with E-state index in [1.54, 1.807) is 30.9 Å². The van der Waals surface area contributed by atoms with Crippen molar-refractivity contribution in [2.24, 2.45) is 0 Å². The molecule has 0 aliphatic carbocycles. The van der Waals surface area contributed by atoms with E-state index >= 15 is 0 Å². The molecule has 1 aliphatic rings. The van der Waals surface area contributed by atoms with E-state index in [1.807, 2.05) is 54.6 Å². The SMILES string of the molecule is CC(C)(C(=O)Nc1ccc(N2CCOCC2)cc1)N(Cc1ccc(F)cc1)C(=O)Cc1ccccc1. The van der Waals surface area contributed by atoms with Gasteiger partial charge in [-0.2, -0.15) is 0 Å². The maximum absolute atomic E-state index is 13.5. The van der Waals surface area contributed by atoms with Gasteiger partial charge < -0.3 is 19.9 Å². The number of anilines is 2. The molecule has 4 rings (SSSR count). The molecule has 188 valence electrons. The zero-order chi connectivity index (χ0) is 25.5. The van der Waals surface area contributed by atoms with Gasteiger partial charge in [0.25, 0.3) is 0 Å². The third kappa shape index (κ3) is 6.29. The van der Waals surface area contributed by atoms with E-state index < -0.39 is 5.54 Å². The third-order valence-corrected chi connectivity index (χ3v) is 6.49. The molecule has 36 heavy (non-hydrogen) atoms. The van der Waals surface area contributed by atoms with E-state index in [-0.39, 0.29) is 30.6 Å². The Balaban J connectivity index is 1.51. The molecule has 3 aromatic rings. The van der Waals surface area contributed by atoms with Crippen LogP contribution in [0.25, 0.3) is 0 Å². The molecule has 1 fully saturated rings. The Hall–Kier alpha value is -3.71. The number of amides is 2. The van der Waals surface area contributed by atoms with E-state index in [1.165, 1.54) is 12.1 Å². The fraction of sp³-hybridized carbons (Fsp3) is 0.310. The molecule has 0 aromatic heterocycles. The summed E-state index contributed by atoms with van der Waals surface area (Å²) in [6.45, 7) is 6.72. The molecule has 1 saturated heterocycles. The minimum atomic E-state index is -1.16. The number of nitrogens with one attached hydrogen (secondary N) is 1. The summed E-state index contributed by atoms with van der Waals surface area (Å²) in [6.07, 6.45) is 0.160. The van der Waals surface area contributed by atoms with E-state index in [2.05, 4.69) is 10.2 Å². The Morgan fingerprint density at radius 1 is 0.917 bits per heavy atom. The van der Waals surface area contributed by atoms with Crippen LogP contribution in [-0.4, -0.2) is 48.6 Å². The summed E-state index contributed by atoms with van der Waals surface area (Å²) in [5, 5.41) is 2.97. The molecule has 3 aromatic carbocycles. The largest absolute Gasteiger partial charge is 0.378 e. The predicted octanol–water partition coefficient (Wildman–Crippen LogP) is 4.65. The van der Waals surface area contributed by atoms with Gasteiger partial charge in [0, 0.05) is 31.0 Å². The number of hydrogen-bond acceptors (Lipinski definition) is 4. The topological polar surface area (TPSA) is 61.9 Å². The van der Waals surface area contributed by atoms with Crippen LogP contribution in [0, 0.1) is 5.82 Å². The summed E-state index contributed by atoms with van der Waals surface area (Å²) in [7, 11) is 0. The minimum Gasteiger partial charge on any atom is -0.378 e. The van der Waals surface area contributed by atoms with Crippen molar-refractivity contribution in [2.75, 3.05) is 36.5 Å². The highest BCUT2D eigenvalue weighted by molar-refractivity contribution is 6.00. The van der Waals surface area contributed by atoms with Gasteiger partial charge in [0.1, 0.15) is 11.4 Å². The van der Waals surface area contributed by atoms with Crippen molar-refractivity contribution in [1.82, 2.24) is 4.90 Å². The monoisotopic (exact) mass is 489 g/mol. The highest BCUT2D eigenvalue weighted by atomic mass is 19.1. The number of hydrogen-bond donors (Lipinski definition) is 1. The molecule has 0 atom stereocenters. The number of carbonyl (C=O) groups is 2. The summed E-state index contributed by atoms with van der Waals surface area (Å²) >= 11 is 0. The molecule has 0 radical (unpaired) electrons. The van der Waals surface area contributed by atoms with E-state index in [0.29, 0.717) is 18.9 Å². The summed E-state index contributed by atoms with van der Waals surface area (Å²) < 4.78 is 18.9. The van der Waals surface area contributed by atoms with Crippen LogP contribution in [-0.2, 0) is 27.3 Å². The van der Waals surface area contributed by atoms with Gasteiger partial charge in [0.05, 0.1) is 19.6 Å². The van der Waals surface area contributed by atoms with Crippen LogP contribution in [0.15, 0.2) is 78.9 Å². The lowest BCUT2D eigenvalue weighted by Gasteiger charge is -2.37. The van der Waals surface area contributed by atoms with E-state index in [4.69, 9.17) is 4.74 Å².